The summed E-state index contributed by atoms with van der Waals surface area (Å²) in [5, 5.41) is 13.5. The first-order valence-corrected chi connectivity index (χ1v) is 15.3. The highest BCUT2D eigenvalue weighted by Gasteiger charge is 2.53. The van der Waals surface area contributed by atoms with Gasteiger partial charge in [0.05, 0.1) is 19.2 Å². The maximum Gasteiger partial charge on any atom is 0.408 e. The van der Waals surface area contributed by atoms with E-state index < -0.39 is 54.9 Å². The van der Waals surface area contributed by atoms with E-state index in [1.165, 1.54) is 4.90 Å². The average molecular weight is 613 g/mol. The number of hydrogen-bond donors (Lipinski definition) is 2. The van der Waals surface area contributed by atoms with Gasteiger partial charge in [0.25, 0.3) is 5.92 Å². The molecule has 4 aliphatic heterocycles. The molecule has 0 unspecified atom stereocenters. The summed E-state index contributed by atoms with van der Waals surface area (Å²) in [5.74, 6) is -3.62. The largest absolute Gasteiger partial charge is 0.493 e. The lowest BCUT2D eigenvalue weighted by atomic mass is 9.88. The molecule has 0 aliphatic carbocycles. The summed E-state index contributed by atoms with van der Waals surface area (Å²) in [6.45, 7) is 0.494. The lowest BCUT2D eigenvalue weighted by molar-refractivity contribution is -0.152. The van der Waals surface area contributed by atoms with Crippen LogP contribution in [0.15, 0.2) is 54.6 Å². The van der Waals surface area contributed by atoms with Crippen LogP contribution in [0, 0.1) is 5.92 Å². The highest BCUT2D eigenvalue weighted by atomic mass is 19.3. The number of nitrogens with one attached hydrogen (secondary N) is 1. The van der Waals surface area contributed by atoms with Gasteiger partial charge in [-0.3, -0.25) is 19.4 Å². The van der Waals surface area contributed by atoms with Crippen LogP contribution in [-0.2, 0) is 20.9 Å². The summed E-state index contributed by atoms with van der Waals surface area (Å²) < 4.78 is 40.5. The van der Waals surface area contributed by atoms with E-state index in [1.54, 1.807) is 29.2 Å². The van der Waals surface area contributed by atoms with Crippen LogP contribution in [0.5, 0.6) is 5.75 Å². The highest BCUT2D eigenvalue weighted by molar-refractivity contribution is 5.92. The minimum absolute atomic E-state index is 0.0267. The zero-order valence-corrected chi connectivity index (χ0v) is 24.4. The molecule has 2 aromatic carbocycles. The van der Waals surface area contributed by atoms with E-state index in [-0.39, 0.29) is 31.6 Å². The molecule has 3 saturated heterocycles. The van der Waals surface area contributed by atoms with Gasteiger partial charge in [-0.25, -0.2) is 13.6 Å². The normalized spacial score (nSPS) is 25.7. The second-order valence-corrected chi connectivity index (χ2v) is 12.2. The fraction of sp³-hybridized carbons (Fsp3) is 0.531. The van der Waals surface area contributed by atoms with Crippen molar-refractivity contribution in [3.8, 4) is 5.75 Å². The van der Waals surface area contributed by atoms with E-state index in [2.05, 4.69) is 5.32 Å². The number of alkyl halides is 2. The number of amides is 3. The van der Waals surface area contributed by atoms with Crippen LogP contribution in [0.25, 0.3) is 0 Å². The van der Waals surface area contributed by atoms with E-state index in [0.29, 0.717) is 50.4 Å². The van der Waals surface area contributed by atoms with Gasteiger partial charge in [0.1, 0.15) is 17.8 Å². The van der Waals surface area contributed by atoms with Crippen LogP contribution >= 0.6 is 0 Å². The molecular formula is C32H38F2N4O6. The van der Waals surface area contributed by atoms with Gasteiger partial charge in [-0.15, -0.1) is 0 Å². The zero-order valence-electron chi connectivity index (χ0n) is 24.4. The first kappa shape index (κ1) is 30.3. The van der Waals surface area contributed by atoms with E-state index in [4.69, 9.17) is 9.47 Å². The molecule has 0 aromatic heterocycles. The Labute approximate surface area is 254 Å². The van der Waals surface area contributed by atoms with E-state index >= 15 is 0 Å². The summed E-state index contributed by atoms with van der Waals surface area (Å²) in [7, 11) is 0. The van der Waals surface area contributed by atoms with Crippen molar-refractivity contribution in [2.75, 3.05) is 39.5 Å². The third-order valence-corrected chi connectivity index (χ3v) is 9.28. The number of carbonyl (C=O) groups is 3. The Morgan fingerprint density at radius 1 is 1.00 bits per heavy atom. The fourth-order valence-corrected chi connectivity index (χ4v) is 7.12. The minimum atomic E-state index is -2.94. The Bertz CT molecular complexity index is 1360. The SMILES string of the molecule is O=C(N[C@@H]1CCOc2ccccc21)[C@@H]1CN2CC(F)(F)C[C@@H]2CN1C(=O)[C@H](C1CCOCC1)N(Cc1ccccc1)C(=O)O. The zero-order chi connectivity index (χ0) is 30.8. The third-order valence-electron chi connectivity index (χ3n) is 9.28. The van der Waals surface area contributed by atoms with Crippen molar-refractivity contribution in [2.45, 2.75) is 62.3 Å². The summed E-state index contributed by atoms with van der Waals surface area (Å²) in [5.41, 5.74) is 1.53. The molecule has 4 atom stereocenters. The monoisotopic (exact) mass is 612 g/mol. The van der Waals surface area contributed by atoms with Gasteiger partial charge in [-0.05, 0) is 30.4 Å². The quantitative estimate of drug-likeness (QED) is 0.492. The molecule has 0 radical (unpaired) electrons. The smallest absolute Gasteiger partial charge is 0.408 e. The number of carboxylic acid groups (broad SMARTS) is 1. The van der Waals surface area contributed by atoms with Crippen LogP contribution < -0.4 is 10.1 Å². The molecular weight excluding hydrogens is 574 g/mol. The minimum Gasteiger partial charge on any atom is -0.493 e. The number of halogens is 2. The van der Waals surface area contributed by atoms with Gasteiger partial charge in [0.15, 0.2) is 0 Å². The second-order valence-electron chi connectivity index (χ2n) is 12.2. The summed E-state index contributed by atoms with van der Waals surface area (Å²) in [4.78, 5) is 45.6. The van der Waals surface area contributed by atoms with Gasteiger partial charge < -0.3 is 24.8 Å². The fourth-order valence-electron chi connectivity index (χ4n) is 7.12. The maximum absolute atomic E-state index is 14.7. The number of ether oxygens (including phenoxy) is 2. The van der Waals surface area contributed by atoms with E-state index in [1.807, 2.05) is 30.3 Å². The van der Waals surface area contributed by atoms with Crippen molar-refractivity contribution in [3.63, 3.8) is 0 Å². The molecule has 0 bridgehead atoms. The van der Waals surface area contributed by atoms with Crippen molar-refractivity contribution in [3.05, 3.63) is 65.7 Å². The molecule has 4 aliphatic rings. The van der Waals surface area contributed by atoms with Crippen molar-refractivity contribution < 1.29 is 37.7 Å². The number of hydrogen-bond acceptors (Lipinski definition) is 6. The van der Waals surface area contributed by atoms with Crippen LogP contribution in [0.2, 0.25) is 0 Å². The average Bonchev–Trinajstić information content (AvgIpc) is 3.34. The van der Waals surface area contributed by atoms with Gasteiger partial charge in [-0.2, -0.15) is 0 Å². The Morgan fingerprint density at radius 2 is 1.73 bits per heavy atom. The first-order valence-electron chi connectivity index (χ1n) is 15.3. The highest BCUT2D eigenvalue weighted by Crippen LogP contribution is 2.37. The number of piperazine rings is 1. The molecule has 2 N–H and O–H groups in total. The Kier molecular flexibility index (Phi) is 8.73. The number of nitrogens with zero attached hydrogens (tertiary/aromatic N) is 3. The van der Waals surface area contributed by atoms with Crippen molar-refractivity contribution in [1.29, 1.82) is 0 Å². The third kappa shape index (κ3) is 6.37. The molecule has 10 nitrogen and oxygen atoms in total. The molecule has 0 spiro atoms. The Morgan fingerprint density at radius 3 is 2.48 bits per heavy atom. The summed E-state index contributed by atoms with van der Waals surface area (Å²) >= 11 is 0. The number of para-hydroxylation sites is 1. The molecule has 2 aromatic rings. The van der Waals surface area contributed by atoms with Crippen molar-refractivity contribution in [1.82, 2.24) is 20.0 Å². The first-order chi connectivity index (χ1) is 21.2. The van der Waals surface area contributed by atoms with Crippen molar-refractivity contribution >= 4 is 17.9 Å². The van der Waals surface area contributed by atoms with Gasteiger partial charge in [0, 0.05) is 57.3 Å². The van der Waals surface area contributed by atoms with E-state index in [0.717, 1.165) is 10.5 Å². The summed E-state index contributed by atoms with van der Waals surface area (Å²) in [6, 6.07) is 13.2. The summed E-state index contributed by atoms with van der Waals surface area (Å²) in [6.07, 6.45) is -0.238. The van der Waals surface area contributed by atoms with Gasteiger partial charge in [-0.1, -0.05) is 48.5 Å². The van der Waals surface area contributed by atoms with Gasteiger partial charge in [0.2, 0.25) is 11.8 Å². The predicted octanol–water partition coefficient (Wildman–Crippen LogP) is 3.52. The van der Waals surface area contributed by atoms with Crippen LogP contribution in [0.1, 0.15) is 42.9 Å². The van der Waals surface area contributed by atoms with Gasteiger partial charge >= 0.3 is 6.09 Å². The molecule has 4 heterocycles. The molecule has 44 heavy (non-hydrogen) atoms. The Balaban J connectivity index is 1.32. The number of fused-ring (bicyclic) bond motifs is 2. The second kappa shape index (κ2) is 12.7. The standard InChI is InChI=1S/C32H38F2N4O6/c33-32(34)16-23-18-37(26(19-36(23)20-32)29(39)35-25-12-15-44-27-9-5-4-8-24(25)27)30(40)28(22-10-13-43-14-11-22)38(31(41)42)17-21-6-2-1-3-7-21/h1-9,22-23,25-26,28H,10-20H2,(H,35,39)(H,41,42)/t23-,25-,26+,28+/m1/s1. The van der Waals surface area contributed by atoms with E-state index in [9.17, 15) is 28.3 Å². The molecule has 3 fully saturated rings. The van der Waals surface area contributed by atoms with Crippen LogP contribution in [-0.4, -0.2) is 101 Å². The molecule has 12 heteroatoms. The maximum atomic E-state index is 14.7. The molecule has 236 valence electrons. The molecule has 3 amide bonds. The lowest BCUT2D eigenvalue weighted by Crippen LogP contribution is -2.66. The topological polar surface area (TPSA) is 112 Å². The lowest BCUT2D eigenvalue weighted by Gasteiger charge is -2.46. The predicted molar refractivity (Wildman–Crippen MR) is 155 cm³/mol. The number of carbonyl (C=O) groups excluding carboxylic acids is 2. The molecule has 6 rings (SSSR count). The number of benzene rings is 2. The van der Waals surface area contributed by atoms with Crippen LogP contribution in [0.3, 0.4) is 0 Å². The Hall–Kier alpha value is -3.77. The van der Waals surface area contributed by atoms with Crippen molar-refractivity contribution in [2.24, 2.45) is 5.92 Å². The number of rotatable bonds is 7. The molecule has 0 saturated carbocycles. The van der Waals surface area contributed by atoms with Crippen LogP contribution in [0.4, 0.5) is 13.6 Å².